The van der Waals surface area contributed by atoms with Crippen molar-refractivity contribution in [3.63, 3.8) is 0 Å². The summed E-state index contributed by atoms with van der Waals surface area (Å²) in [6.07, 6.45) is -3.04. The third kappa shape index (κ3) is 8.13. The van der Waals surface area contributed by atoms with Gasteiger partial charge in [0.25, 0.3) is 0 Å². The van der Waals surface area contributed by atoms with E-state index in [4.69, 9.17) is 9.15 Å². The molecule has 1 aromatic heterocycles. The zero-order chi connectivity index (χ0) is 27.8. The molecule has 2 heterocycles. The molecule has 210 valence electrons. The molecule has 5 nitrogen and oxygen atoms in total. The molecule has 2 aromatic carbocycles. The maximum absolute atomic E-state index is 12.7. The molecule has 1 N–H and O–H groups in total. The smallest absolute Gasteiger partial charge is 0.416 e. The molecule has 1 saturated heterocycles. The minimum absolute atomic E-state index is 0.0952. The van der Waals surface area contributed by atoms with Gasteiger partial charge in [-0.3, -0.25) is 9.69 Å². The van der Waals surface area contributed by atoms with Gasteiger partial charge >= 0.3 is 6.18 Å². The van der Waals surface area contributed by atoms with Crippen LogP contribution in [0.3, 0.4) is 0 Å². The number of aryl methyl sites for hydroxylation is 1. The lowest BCUT2D eigenvalue weighted by Gasteiger charge is -2.26. The van der Waals surface area contributed by atoms with Crippen LogP contribution in [0.15, 0.2) is 52.9 Å². The number of hydrogen-bond donors (Lipinski definition) is 1. The van der Waals surface area contributed by atoms with Gasteiger partial charge in [0.1, 0.15) is 11.5 Å². The largest absolute Gasteiger partial charge is 0.461 e. The summed E-state index contributed by atoms with van der Waals surface area (Å²) < 4.78 is 49.7. The van der Waals surface area contributed by atoms with Crippen LogP contribution in [0, 0.1) is 6.92 Å². The average Bonchev–Trinajstić information content (AvgIpc) is 3.24. The second-order valence-corrected chi connectivity index (χ2v) is 10.7. The summed E-state index contributed by atoms with van der Waals surface area (Å²) >= 11 is 1.53. The molecule has 3 aromatic rings. The predicted molar refractivity (Wildman–Crippen MR) is 149 cm³/mol. The first-order valence-corrected chi connectivity index (χ1v) is 14.4. The van der Waals surface area contributed by atoms with Crippen LogP contribution in [-0.4, -0.2) is 49.4 Å². The Morgan fingerprint density at radius 2 is 1.67 bits per heavy atom. The van der Waals surface area contributed by atoms with Gasteiger partial charge in [-0.25, -0.2) is 0 Å². The Kier molecular flexibility index (Phi) is 10.2. The van der Waals surface area contributed by atoms with E-state index < -0.39 is 11.7 Å². The Morgan fingerprint density at radius 3 is 2.31 bits per heavy atom. The SMILES string of the molecule is CCc1c(-c2ccc(CN3CCOCC3)cc2)oc(C)c1CSCC(=O)NCCc1ccc(C(F)(F)F)cc1. The molecule has 39 heavy (non-hydrogen) atoms. The highest BCUT2D eigenvalue weighted by molar-refractivity contribution is 7.99. The Bertz CT molecular complexity index is 1220. The van der Waals surface area contributed by atoms with E-state index in [1.807, 2.05) is 6.92 Å². The maximum atomic E-state index is 12.7. The zero-order valence-electron chi connectivity index (χ0n) is 22.4. The van der Waals surface area contributed by atoms with Crippen LogP contribution >= 0.6 is 11.8 Å². The topological polar surface area (TPSA) is 54.7 Å². The van der Waals surface area contributed by atoms with Crippen LogP contribution in [0.4, 0.5) is 13.2 Å². The quantitative estimate of drug-likeness (QED) is 0.300. The van der Waals surface area contributed by atoms with E-state index in [0.29, 0.717) is 24.5 Å². The predicted octanol–water partition coefficient (Wildman–Crippen LogP) is 6.26. The van der Waals surface area contributed by atoms with E-state index in [2.05, 4.69) is 41.4 Å². The number of furan rings is 1. The van der Waals surface area contributed by atoms with Crippen molar-refractivity contribution in [1.29, 1.82) is 0 Å². The van der Waals surface area contributed by atoms with Crippen molar-refractivity contribution in [2.24, 2.45) is 0 Å². The number of nitrogens with zero attached hydrogens (tertiary/aromatic N) is 1. The number of thioether (sulfide) groups is 1. The molecular formula is C30H35F3N2O3S. The van der Waals surface area contributed by atoms with E-state index in [-0.39, 0.29) is 5.91 Å². The summed E-state index contributed by atoms with van der Waals surface area (Å²) in [7, 11) is 0. The van der Waals surface area contributed by atoms with Gasteiger partial charge in [0.15, 0.2) is 0 Å². The van der Waals surface area contributed by atoms with E-state index in [0.717, 1.165) is 79.6 Å². The van der Waals surface area contributed by atoms with Gasteiger partial charge < -0.3 is 14.5 Å². The van der Waals surface area contributed by atoms with E-state index in [1.54, 1.807) is 0 Å². The number of ether oxygens (including phenoxy) is 1. The number of halogens is 3. The van der Waals surface area contributed by atoms with E-state index in [9.17, 15) is 18.0 Å². The molecule has 1 aliphatic heterocycles. The highest BCUT2D eigenvalue weighted by atomic mass is 32.2. The minimum Gasteiger partial charge on any atom is -0.461 e. The lowest BCUT2D eigenvalue weighted by atomic mass is 10.0. The summed E-state index contributed by atoms with van der Waals surface area (Å²) in [5.41, 5.74) is 4.70. The van der Waals surface area contributed by atoms with Gasteiger partial charge in [0.05, 0.1) is 24.5 Å². The lowest BCUT2D eigenvalue weighted by Crippen LogP contribution is -2.35. The van der Waals surface area contributed by atoms with Crippen molar-refractivity contribution in [2.45, 2.75) is 45.2 Å². The third-order valence-electron chi connectivity index (χ3n) is 6.89. The molecule has 4 rings (SSSR count). The fraction of sp³-hybridized carbons (Fsp3) is 0.433. The number of morpholine rings is 1. The summed E-state index contributed by atoms with van der Waals surface area (Å²) in [6.45, 7) is 8.85. The Hall–Kier alpha value is -2.75. The molecule has 0 radical (unpaired) electrons. The minimum atomic E-state index is -4.34. The number of nitrogens with one attached hydrogen (secondary N) is 1. The van der Waals surface area contributed by atoms with Crippen LogP contribution in [0.1, 0.15) is 40.5 Å². The number of hydrogen-bond acceptors (Lipinski definition) is 5. The number of carbonyl (C=O) groups excluding carboxylic acids is 1. The Balaban J connectivity index is 1.26. The van der Waals surface area contributed by atoms with Crippen LogP contribution < -0.4 is 5.32 Å². The zero-order valence-corrected chi connectivity index (χ0v) is 23.2. The highest BCUT2D eigenvalue weighted by Gasteiger charge is 2.29. The van der Waals surface area contributed by atoms with Crippen molar-refractivity contribution in [1.82, 2.24) is 10.2 Å². The fourth-order valence-corrected chi connectivity index (χ4v) is 5.68. The van der Waals surface area contributed by atoms with Gasteiger partial charge in [-0.2, -0.15) is 13.2 Å². The molecule has 1 aliphatic rings. The standard InChI is InChI=1S/C30H35F3N2O3S/c1-3-26-27(19-39-20-28(36)34-13-12-22-6-10-25(11-7-22)30(31,32)33)21(2)38-29(26)24-8-4-23(5-9-24)18-35-14-16-37-17-15-35/h4-11H,3,12-20H2,1-2H3,(H,34,36). The number of amides is 1. The first-order chi connectivity index (χ1) is 18.7. The first-order valence-electron chi connectivity index (χ1n) is 13.3. The molecule has 1 amide bonds. The van der Waals surface area contributed by atoms with E-state index >= 15 is 0 Å². The van der Waals surface area contributed by atoms with Crippen molar-refractivity contribution < 1.29 is 27.1 Å². The van der Waals surface area contributed by atoms with Gasteiger partial charge in [-0.15, -0.1) is 11.8 Å². The number of carbonyl (C=O) groups is 1. The maximum Gasteiger partial charge on any atom is 0.416 e. The monoisotopic (exact) mass is 560 g/mol. The summed E-state index contributed by atoms with van der Waals surface area (Å²) in [5.74, 6) is 2.63. The van der Waals surface area contributed by atoms with Gasteiger partial charge in [0.2, 0.25) is 5.91 Å². The molecule has 1 fully saturated rings. The van der Waals surface area contributed by atoms with Crippen LogP contribution in [0.5, 0.6) is 0 Å². The number of rotatable bonds is 11. The van der Waals surface area contributed by atoms with Crippen LogP contribution in [-0.2, 0) is 40.8 Å². The van der Waals surface area contributed by atoms with Crippen molar-refractivity contribution in [2.75, 3.05) is 38.6 Å². The third-order valence-corrected chi connectivity index (χ3v) is 7.85. The summed E-state index contributed by atoms with van der Waals surface area (Å²) in [6, 6.07) is 13.6. The Labute approximate surface area is 232 Å². The number of benzene rings is 2. The normalized spacial score (nSPS) is 14.5. The molecule has 0 unspecified atom stereocenters. The number of alkyl halides is 3. The van der Waals surface area contributed by atoms with Gasteiger partial charge in [0, 0.05) is 48.6 Å². The van der Waals surface area contributed by atoms with Crippen LogP contribution in [0.25, 0.3) is 11.3 Å². The lowest BCUT2D eigenvalue weighted by molar-refractivity contribution is -0.137. The van der Waals surface area contributed by atoms with Gasteiger partial charge in [-0.05, 0) is 43.0 Å². The second-order valence-electron chi connectivity index (χ2n) is 9.67. The molecule has 0 atom stereocenters. The fourth-order valence-electron chi connectivity index (χ4n) is 4.70. The first kappa shape index (κ1) is 29.2. The molecule has 0 spiro atoms. The second kappa shape index (κ2) is 13.5. The highest BCUT2D eigenvalue weighted by Crippen LogP contribution is 2.34. The molecule has 0 bridgehead atoms. The van der Waals surface area contributed by atoms with Crippen molar-refractivity contribution in [3.05, 3.63) is 82.1 Å². The molecule has 0 aliphatic carbocycles. The van der Waals surface area contributed by atoms with Crippen molar-refractivity contribution in [3.8, 4) is 11.3 Å². The summed E-state index contributed by atoms with van der Waals surface area (Å²) in [4.78, 5) is 14.7. The van der Waals surface area contributed by atoms with Crippen molar-refractivity contribution >= 4 is 17.7 Å². The molecule has 0 saturated carbocycles. The van der Waals surface area contributed by atoms with Crippen LogP contribution in [0.2, 0.25) is 0 Å². The Morgan fingerprint density at radius 1 is 1.00 bits per heavy atom. The molecule has 9 heteroatoms. The molecular weight excluding hydrogens is 525 g/mol. The summed E-state index contributed by atoms with van der Waals surface area (Å²) in [5, 5.41) is 2.86. The van der Waals surface area contributed by atoms with E-state index in [1.165, 1.54) is 35.0 Å². The average molecular weight is 561 g/mol. The van der Waals surface area contributed by atoms with Gasteiger partial charge in [-0.1, -0.05) is 43.3 Å².